The minimum atomic E-state index is 0.143. The molecule has 3 rings (SSSR count). The van der Waals surface area contributed by atoms with Gasteiger partial charge >= 0.3 is 0 Å². The molecule has 0 spiro atoms. The summed E-state index contributed by atoms with van der Waals surface area (Å²) < 4.78 is 0.993. The van der Waals surface area contributed by atoms with E-state index in [1.54, 1.807) is 0 Å². The molecule has 0 amide bonds. The molecule has 0 saturated heterocycles. The monoisotopic (exact) mass is 272 g/mol. The van der Waals surface area contributed by atoms with E-state index < -0.39 is 0 Å². The zero-order valence-electron chi connectivity index (χ0n) is 8.75. The maximum absolute atomic E-state index is 12.2. The summed E-state index contributed by atoms with van der Waals surface area (Å²) in [4.78, 5) is 12.2. The first kappa shape index (κ1) is 9.79. The fourth-order valence-corrected chi connectivity index (χ4v) is 2.58. The highest BCUT2D eigenvalue weighted by Crippen LogP contribution is 2.39. The standard InChI is InChI=1S/C14H9BrO/c1-8-12(15)7-6-10-9-4-2-3-5-11(9)14(16)13(8)10/h2-7H,1H3. The summed E-state index contributed by atoms with van der Waals surface area (Å²) in [5.74, 6) is 0.143. The van der Waals surface area contributed by atoms with Gasteiger partial charge in [-0.25, -0.2) is 0 Å². The quantitative estimate of drug-likeness (QED) is 0.605. The molecule has 0 radical (unpaired) electrons. The number of rotatable bonds is 0. The van der Waals surface area contributed by atoms with Crippen molar-refractivity contribution in [2.24, 2.45) is 0 Å². The number of benzene rings is 2. The average Bonchev–Trinajstić information content (AvgIpc) is 2.59. The molecule has 0 heterocycles. The van der Waals surface area contributed by atoms with Crippen molar-refractivity contribution in [2.45, 2.75) is 6.92 Å². The van der Waals surface area contributed by atoms with Crippen LogP contribution in [0.1, 0.15) is 21.5 Å². The van der Waals surface area contributed by atoms with Crippen molar-refractivity contribution in [1.29, 1.82) is 0 Å². The van der Waals surface area contributed by atoms with Gasteiger partial charge in [0.05, 0.1) is 0 Å². The molecule has 1 aliphatic rings. The van der Waals surface area contributed by atoms with Gasteiger partial charge in [-0.1, -0.05) is 46.3 Å². The minimum Gasteiger partial charge on any atom is -0.289 e. The zero-order chi connectivity index (χ0) is 11.3. The summed E-state index contributed by atoms with van der Waals surface area (Å²) in [7, 11) is 0. The highest BCUT2D eigenvalue weighted by atomic mass is 79.9. The maximum Gasteiger partial charge on any atom is 0.194 e. The van der Waals surface area contributed by atoms with Gasteiger partial charge in [0, 0.05) is 15.6 Å². The lowest BCUT2D eigenvalue weighted by Gasteiger charge is -2.04. The number of ketones is 1. The fourth-order valence-electron chi connectivity index (χ4n) is 2.25. The molecule has 0 N–H and O–H groups in total. The molecule has 2 aromatic rings. The Morgan fingerprint density at radius 2 is 1.62 bits per heavy atom. The van der Waals surface area contributed by atoms with Crippen LogP contribution in [0.3, 0.4) is 0 Å². The molecule has 2 aromatic carbocycles. The van der Waals surface area contributed by atoms with Crippen molar-refractivity contribution in [3.05, 3.63) is 57.6 Å². The van der Waals surface area contributed by atoms with E-state index in [1.807, 2.05) is 43.3 Å². The number of halogens is 1. The van der Waals surface area contributed by atoms with Crippen molar-refractivity contribution in [2.75, 3.05) is 0 Å². The molecule has 0 aliphatic heterocycles. The number of carbonyl (C=O) groups is 1. The van der Waals surface area contributed by atoms with Gasteiger partial charge in [0.25, 0.3) is 0 Å². The van der Waals surface area contributed by atoms with Crippen molar-refractivity contribution in [1.82, 2.24) is 0 Å². The van der Waals surface area contributed by atoms with E-state index in [9.17, 15) is 4.79 Å². The first-order valence-corrected chi connectivity index (χ1v) is 5.92. The van der Waals surface area contributed by atoms with Crippen molar-refractivity contribution >= 4 is 21.7 Å². The second-order valence-corrected chi connectivity index (χ2v) is 4.82. The Hall–Kier alpha value is -1.41. The molecule has 78 valence electrons. The smallest absolute Gasteiger partial charge is 0.194 e. The minimum absolute atomic E-state index is 0.143. The molecule has 0 bridgehead atoms. The predicted octanol–water partition coefficient (Wildman–Crippen LogP) is 3.97. The lowest BCUT2D eigenvalue weighted by atomic mass is 10.0. The van der Waals surface area contributed by atoms with Crippen molar-refractivity contribution in [3.63, 3.8) is 0 Å². The van der Waals surface area contributed by atoms with Crippen LogP contribution in [0.2, 0.25) is 0 Å². The van der Waals surface area contributed by atoms with Crippen LogP contribution in [0, 0.1) is 6.92 Å². The number of carbonyl (C=O) groups excluding carboxylic acids is 1. The SMILES string of the molecule is Cc1c(Br)ccc2c1C(=O)c1ccccc1-2. The first-order valence-electron chi connectivity index (χ1n) is 5.13. The van der Waals surface area contributed by atoms with Gasteiger partial charge in [0.2, 0.25) is 0 Å². The lowest BCUT2D eigenvalue weighted by Crippen LogP contribution is -1.98. The van der Waals surface area contributed by atoms with Crippen LogP contribution in [-0.2, 0) is 0 Å². The Bertz CT molecular complexity index is 614. The molecule has 0 saturated carbocycles. The summed E-state index contributed by atoms with van der Waals surface area (Å²) in [6.07, 6.45) is 0. The zero-order valence-corrected chi connectivity index (χ0v) is 10.3. The molecule has 1 aliphatic carbocycles. The van der Waals surface area contributed by atoms with Gasteiger partial charge in [-0.05, 0) is 29.7 Å². The molecule has 16 heavy (non-hydrogen) atoms. The van der Waals surface area contributed by atoms with Gasteiger partial charge in [-0.2, -0.15) is 0 Å². The molecular formula is C14H9BrO. The number of hydrogen-bond acceptors (Lipinski definition) is 1. The van der Waals surface area contributed by atoms with Crippen LogP contribution in [0.25, 0.3) is 11.1 Å². The Labute approximate surface area is 102 Å². The number of hydrogen-bond donors (Lipinski definition) is 0. The van der Waals surface area contributed by atoms with Crippen LogP contribution in [0.4, 0.5) is 0 Å². The summed E-state index contributed by atoms with van der Waals surface area (Å²) in [6.45, 7) is 1.98. The van der Waals surface area contributed by atoms with Crippen molar-refractivity contribution in [3.8, 4) is 11.1 Å². The van der Waals surface area contributed by atoms with Gasteiger partial charge in [-0.3, -0.25) is 4.79 Å². The topological polar surface area (TPSA) is 17.1 Å². The van der Waals surface area contributed by atoms with E-state index in [4.69, 9.17) is 0 Å². The largest absolute Gasteiger partial charge is 0.289 e. The van der Waals surface area contributed by atoms with Gasteiger partial charge in [0.15, 0.2) is 5.78 Å². The third-order valence-corrected chi connectivity index (χ3v) is 3.95. The third kappa shape index (κ3) is 1.14. The highest BCUT2D eigenvalue weighted by Gasteiger charge is 2.28. The Morgan fingerprint density at radius 3 is 2.38 bits per heavy atom. The van der Waals surface area contributed by atoms with E-state index in [1.165, 1.54) is 0 Å². The molecule has 0 aromatic heterocycles. The van der Waals surface area contributed by atoms with E-state index in [-0.39, 0.29) is 5.78 Å². The molecule has 0 unspecified atom stereocenters. The molecule has 0 fully saturated rings. The summed E-state index contributed by atoms with van der Waals surface area (Å²) in [5, 5.41) is 0. The van der Waals surface area contributed by atoms with Gasteiger partial charge in [-0.15, -0.1) is 0 Å². The Balaban J connectivity index is 2.42. The molecule has 1 nitrogen and oxygen atoms in total. The van der Waals surface area contributed by atoms with E-state index >= 15 is 0 Å². The fraction of sp³-hybridized carbons (Fsp3) is 0.0714. The van der Waals surface area contributed by atoms with E-state index in [0.29, 0.717) is 0 Å². The van der Waals surface area contributed by atoms with Gasteiger partial charge < -0.3 is 0 Å². The second-order valence-electron chi connectivity index (χ2n) is 3.97. The molecule has 2 heteroatoms. The maximum atomic E-state index is 12.2. The second kappa shape index (κ2) is 3.29. The summed E-state index contributed by atoms with van der Waals surface area (Å²) in [6, 6.07) is 11.8. The number of fused-ring (bicyclic) bond motifs is 3. The van der Waals surface area contributed by atoms with Crippen molar-refractivity contribution < 1.29 is 4.79 Å². The Morgan fingerprint density at radius 1 is 0.938 bits per heavy atom. The van der Waals surface area contributed by atoms with Crippen LogP contribution in [0.15, 0.2) is 40.9 Å². The van der Waals surface area contributed by atoms with E-state index in [2.05, 4.69) is 15.9 Å². The molecular weight excluding hydrogens is 264 g/mol. The normalized spacial score (nSPS) is 12.5. The van der Waals surface area contributed by atoms with Crippen LogP contribution >= 0.6 is 15.9 Å². The van der Waals surface area contributed by atoms with Crippen LogP contribution in [0.5, 0.6) is 0 Å². The Kier molecular flexibility index (Phi) is 2.01. The van der Waals surface area contributed by atoms with E-state index in [0.717, 1.165) is 32.3 Å². The third-order valence-electron chi connectivity index (χ3n) is 3.09. The van der Waals surface area contributed by atoms with Crippen LogP contribution < -0.4 is 0 Å². The summed E-state index contributed by atoms with van der Waals surface area (Å²) >= 11 is 3.47. The molecule has 0 atom stereocenters. The average molecular weight is 273 g/mol. The predicted molar refractivity (Wildman–Crippen MR) is 67.7 cm³/mol. The summed E-state index contributed by atoms with van der Waals surface area (Å²) in [5.41, 5.74) is 4.80. The van der Waals surface area contributed by atoms with Crippen LogP contribution in [-0.4, -0.2) is 5.78 Å². The van der Waals surface area contributed by atoms with Gasteiger partial charge in [0.1, 0.15) is 0 Å². The lowest BCUT2D eigenvalue weighted by molar-refractivity contribution is 0.104. The highest BCUT2D eigenvalue weighted by molar-refractivity contribution is 9.10. The first-order chi connectivity index (χ1) is 7.70.